The van der Waals surface area contributed by atoms with E-state index in [1.807, 2.05) is 89.5 Å². The molecule has 3 amide bonds. The van der Waals surface area contributed by atoms with Crippen molar-refractivity contribution in [3.05, 3.63) is 134 Å². The van der Waals surface area contributed by atoms with Gasteiger partial charge in [0.05, 0.1) is 47.0 Å². The predicted octanol–water partition coefficient (Wildman–Crippen LogP) is 8.77. The van der Waals surface area contributed by atoms with Crippen molar-refractivity contribution in [2.24, 2.45) is 5.92 Å². The minimum Gasteiger partial charge on any atom is -0.490 e. The molecular formula is C59H73N7O10S. The van der Waals surface area contributed by atoms with Gasteiger partial charge in [0.25, 0.3) is 17.3 Å². The number of nitrogens with one attached hydrogen (secondary N) is 3. The van der Waals surface area contributed by atoms with Gasteiger partial charge in [-0.2, -0.15) is 0 Å². The number of β-amino-alcohol motifs (C(OH)–C–C–N with tert-alkyl or cyclic N) is 1. The summed E-state index contributed by atoms with van der Waals surface area (Å²) in [6, 6.07) is 22.6. The van der Waals surface area contributed by atoms with Crippen LogP contribution >= 0.6 is 11.3 Å². The van der Waals surface area contributed by atoms with Crippen LogP contribution in [0.3, 0.4) is 0 Å². The number of aryl methyl sites for hydroxylation is 4. The van der Waals surface area contributed by atoms with Gasteiger partial charge in [-0.25, -0.2) is 4.98 Å². The highest BCUT2D eigenvalue weighted by Crippen LogP contribution is 2.36. The zero-order valence-corrected chi connectivity index (χ0v) is 46.3. The first-order chi connectivity index (χ1) is 37.1. The first kappa shape index (κ1) is 56.3. The molecule has 4 N–H and O–H groups in total. The maximum atomic E-state index is 14.2. The maximum Gasteiger partial charge on any atom is 0.255 e. The van der Waals surface area contributed by atoms with Crippen LogP contribution in [0.2, 0.25) is 0 Å². The Bertz CT molecular complexity index is 3040. The third-order valence-electron chi connectivity index (χ3n) is 14.5. The van der Waals surface area contributed by atoms with Crippen LogP contribution in [-0.4, -0.2) is 114 Å². The molecular weight excluding hydrogens is 999 g/mol. The van der Waals surface area contributed by atoms with E-state index in [4.69, 9.17) is 23.5 Å². The van der Waals surface area contributed by atoms with Crippen molar-refractivity contribution in [1.82, 2.24) is 30.7 Å². The Morgan fingerprint density at radius 3 is 2.35 bits per heavy atom. The molecule has 410 valence electrons. The number of ether oxygens (including phenoxy) is 4. The van der Waals surface area contributed by atoms with Crippen LogP contribution < -0.4 is 30.6 Å². The highest BCUT2D eigenvalue weighted by atomic mass is 32.1. The van der Waals surface area contributed by atoms with Crippen molar-refractivity contribution in [3.8, 4) is 33.2 Å². The standard InChI is InChI=1S/C59H73N7O10S/c1-9-65(45-19-23-73-24-20-45)49-29-44(12-11-36(49)4)43-17-18-51(47(28-43)56(68)60-32-48-37(5)27-38(6)62-57(48)69)74-26-25-72-21-10-22-75-53-31-52(76-64-53)54(35(2)3)59(71)66-33-46(67)30-50(66)58(70)63-39(7)41-13-15-42(16-14-41)55-40(8)61-34-77-55/h11-18,27-29,31,34-35,39,45-46,50,54,67H,9-10,19-26,30,32-33H2,1-8H3,(H,60,68)(H,62,69)(H,63,70)/t39?,46-,50+,54?/m1/s1. The molecule has 6 aromatic rings. The van der Waals surface area contributed by atoms with Gasteiger partial charge in [0, 0.05) is 81.3 Å². The van der Waals surface area contributed by atoms with Crippen molar-refractivity contribution in [2.45, 2.75) is 118 Å². The van der Waals surface area contributed by atoms with Crippen LogP contribution in [0.1, 0.15) is 115 Å². The Morgan fingerprint density at radius 1 is 0.896 bits per heavy atom. The number of thiazole rings is 1. The van der Waals surface area contributed by atoms with Crippen molar-refractivity contribution >= 4 is 34.7 Å². The van der Waals surface area contributed by atoms with Gasteiger partial charge < -0.3 is 54.0 Å². The summed E-state index contributed by atoms with van der Waals surface area (Å²) in [5.41, 5.74) is 11.0. The molecule has 5 heterocycles. The van der Waals surface area contributed by atoms with E-state index in [1.54, 1.807) is 23.5 Å². The highest BCUT2D eigenvalue weighted by Gasteiger charge is 2.43. The molecule has 2 saturated heterocycles. The smallest absolute Gasteiger partial charge is 0.255 e. The zero-order valence-electron chi connectivity index (χ0n) is 45.5. The molecule has 2 aliphatic rings. The number of benzene rings is 3. The normalized spacial score (nSPS) is 16.6. The summed E-state index contributed by atoms with van der Waals surface area (Å²) >= 11 is 1.58. The Kier molecular flexibility index (Phi) is 19.0. The highest BCUT2D eigenvalue weighted by molar-refractivity contribution is 7.13. The Labute approximate surface area is 454 Å². The zero-order chi connectivity index (χ0) is 54.8. The summed E-state index contributed by atoms with van der Waals surface area (Å²) < 4.78 is 29.3. The molecule has 0 bridgehead atoms. The molecule has 3 aromatic carbocycles. The van der Waals surface area contributed by atoms with Gasteiger partial charge in [-0.1, -0.05) is 56.3 Å². The molecule has 2 aliphatic heterocycles. The van der Waals surface area contributed by atoms with E-state index in [0.29, 0.717) is 41.7 Å². The number of nitrogens with zero attached hydrogens (tertiary/aromatic N) is 4. The third kappa shape index (κ3) is 13.8. The van der Waals surface area contributed by atoms with Gasteiger partial charge in [-0.05, 0) is 123 Å². The van der Waals surface area contributed by atoms with E-state index in [1.165, 1.54) is 10.5 Å². The lowest BCUT2D eigenvalue weighted by atomic mass is 9.91. The average Bonchev–Trinajstić information content (AvgIpc) is 4.18. The molecule has 17 nitrogen and oxygen atoms in total. The molecule has 18 heteroatoms. The quantitative estimate of drug-likeness (QED) is 0.0443. The topological polar surface area (TPSA) is 211 Å². The number of pyridine rings is 1. The van der Waals surface area contributed by atoms with Gasteiger partial charge in [0.1, 0.15) is 24.3 Å². The van der Waals surface area contributed by atoms with Gasteiger partial charge in [0.15, 0.2) is 5.76 Å². The van der Waals surface area contributed by atoms with Crippen LogP contribution in [0.4, 0.5) is 5.69 Å². The van der Waals surface area contributed by atoms with Crippen LogP contribution in [0.15, 0.2) is 87.6 Å². The maximum absolute atomic E-state index is 14.2. The summed E-state index contributed by atoms with van der Waals surface area (Å²) in [6.45, 7) is 19.0. The molecule has 2 unspecified atom stereocenters. The monoisotopic (exact) mass is 1070 g/mol. The summed E-state index contributed by atoms with van der Waals surface area (Å²) in [5.74, 6) is -1.16. The second-order valence-corrected chi connectivity index (χ2v) is 21.3. The first-order valence-corrected chi connectivity index (χ1v) is 27.6. The largest absolute Gasteiger partial charge is 0.490 e. The van der Waals surface area contributed by atoms with Gasteiger partial charge >= 0.3 is 0 Å². The van der Waals surface area contributed by atoms with Crippen LogP contribution in [0.5, 0.6) is 11.6 Å². The van der Waals surface area contributed by atoms with Crippen molar-refractivity contribution < 1.29 is 43.0 Å². The number of amides is 3. The SMILES string of the molecule is CCN(c1cc(-c2ccc(OCCOCCCOc3cc(C(C(=O)N4C[C@H](O)C[C@H]4C(=O)NC(C)c4ccc(-c5scnc5C)cc4)C(C)C)on3)c(C(=O)NCc3c(C)cc(C)[nH]c3=O)c2)ccc1C)C1CCOCC1. The number of rotatable bonds is 23. The average molecular weight is 1070 g/mol. The van der Waals surface area contributed by atoms with Crippen molar-refractivity contribution in [3.63, 3.8) is 0 Å². The molecule has 2 fully saturated rings. The fourth-order valence-electron chi connectivity index (χ4n) is 10.4. The number of H-pyrrole nitrogens is 1. The fourth-order valence-corrected chi connectivity index (χ4v) is 11.2. The summed E-state index contributed by atoms with van der Waals surface area (Å²) in [4.78, 5) is 67.0. The third-order valence-corrected chi connectivity index (χ3v) is 15.5. The number of hydrogen-bond acceptors (Lipinski definition) is 14. The van der Waals surface area contributed by atoms with E-state index in [9.17, 15) is 24.3 Å². The van der Waals surface area contributed by atoms with Crippen LogP contribution in [0, 0.1) is 33.6 Å². The molecule has 0 radical (unpaired) electrons. The number of carbonyl (C=O) groups is 3. The number of anilines is 1. The summed E-state index contributed by atoms with van der Waals surface area (Å²) in [6.07, 6.45) is 1.70. The van der Waals surface area contributed by atoms with Crippen molar-refractivity contribution in [1.29, 1.82) is 0 Å². The van der Waals surface area contributed by atoms with E-state index < -0.39 is 18.1 Å². The number of aromatic amines is 1. The number of likely N-dealkylation sites (tertiary alicyclic amines) is 1. The van der Waals surface area contributed by atoms with Crippen LogP contribution in [-0.2, 0) is 25.6 Å². The molecule has 77 heavy (non-hydrogen) atoms. The molecule has 4 atom stereocenters. The number of aliphatic hydroxyl groups is 1. The van der Waals surface area contributed by atoms with E-state index in [0.717, 1.165) is 82.4 Å². The molecule has 8 rings (SSSR count). The van der Waals surface area contributed by atoms with E-state index >= 15 is 0 Å². The Morgan fingerprint density at radius 2 is 1.64 bits per heavy atom. The minimum atomic E-state index is -0.865. The lowest BCUT2D eigenvalue weighted by Crippen LogP contribution is -2.48. The number of aromatic nitrogens is 3. The van der Waals surface area contributed by atoms with E-state index in [-0.39, 0.29) is 80.5 Å². The minimum absolute atomic E-state index is 0.0186. The second kappa shape index (κ2) is 26.0. The van der Waals surface area contributed by atoms with E-state index in [2.05, 4.69) is 62.7 Å². The van der Waals surface area contributed by atoms with Crippen molar-refractivity contribution in [2.75, 3.05) is 57.6 Å². The Hall–Kier alpha value is -6.86. The fraction of sp³-hybridized carbons (Fsp3) is 0.458. The number of carbonyl (C=O) groups excluding carboxylic acids is 3. The lowest BCUT2D eigenvalue weighted by molar-refractivity contribution is -0.141. The second-order valence-electron chi connectivity index (χ2n) is 20.4. The molecule has 3 aromatic heterocycles. The molecule has 0 spiro atoms. The molecule has 0 saturated carbocycles. The van der Waals surface area contributed by atoms with Gasteiger partial charge in [-0.3, -0.25) is 19.2 Å². The van der Waals surface area contributed by atoms with Crippen LogP contribution in [0.25, 0.3) is 21.6 Å². The number of aliphatic hydroxyl groups excluding tert-OH is 1. The molecule has 0 aliphatic carbocycles. The summed E-state index contributed by atoms with van der Waals surface area (Å²) in [5, 5.41) is 20.8. The lowest BCUT2D eigenvalue weighted by Gasteiger charge is -2.36. The van der Waals surface area contributed by atoms with Gasteiger partial charge in [-0.15, -0.1) is 11.3 Å². The first-order valence-electron chi connectivity index (χ1n) is 26.8. The predicted molar refractivity (Wildman–Crippen MR) is 297 cm³/mol. The van der Waals surface area contributed by atoms with Gasteiger partial charge in [0.2, 0.25) is 11.8 Å². The Balaban J connectivity index is 0.841. The summed E-state index contributed by atoms with van der Waals surface area (Å²) in [7, 11) is 0. The number of hydrogen-bond donors (Lipinski definition) is 4.